The van der Waals surface area contributed by atoms with Crippen LogP contribution in [-0.2, 0) is 0 Å². The lowest BCUT2D eigenvalue weighted by molar-refractivity contribution is 1.19. The van der Waals surface area contributed by atoms with Crippen molar-refractivity contribution in [3.05, 3.63) is 456 Å². The quantitative estimate of drug-likeness (QED) is 0.109. The number of rotatable bonds is 13. The van der Waals surface area contributed by atoms with E-state index in [2.05, 4.69) is 334 Å². The van der Waals surface area contributed by atoms with Gasteiger partial charge in [-0.15, -0.1) is 0 Å². The van der Waals surface area contributed by atoms with Crippen molar-refractivity contribution in [3.63, 3.8) is 0 Å². The summed E-state index contributed by atoms with van der Waals surface area (Å²) in [7, 11) is 0. The molecule has 13 aromatic heterocycles. The van der Waals surface area contributed by atoms with E-state index < -0.39 is 0 Å². The minimum absolute atomic E-state index is 0.862. The van der Waals surface area contributed by atoms with Gasteiger partial charge in [0.2, 0.25) is 0 Å². The predicted octanol–water partition coefficient (Wildman–Crippen LogP) is 28.4. The van der Waals surface area contributed by atoms with Gasteiger partial charge in [-0.05, 0) is 142 Å². The van der Waals surface area contributed by atoms with Crippen LogP contribution in [0, 0.1) is 0 Å². The van der Waals surface area contributed by atoms with E-state index in [1.165, 1.54) is 0 Å². The molecule has 0 aliphatic rings. The van der Waals surface area contributed by atoms with Crippen molar-refractivity contribution in [3.8, 4) is 146 Å². The first-order valence-corrected chi connectivity index (χ1v) is 43.1. The molecular weight excluding hydrogens is 1580 g/mol. The lowest BCUT2D eigenvalue weighted by Crippen LogP contribution is -1.93. The smallest absolute Gasteiger partial charge is 0.165 e. The van der Waals surface area contributed by atoms with Crippen molar-refractivity contribution in [1.29, 1.82) is 0 Å². The van der Waals surface area contributed by atoms with E-state index >= 15 is 0 Å². The van der Waals surface area contributed by atoms with Crippen molar-refractivity contribution in [2.45, 2.75) is 0 Å². The average Bonchev–Trinajstić information content (AvgIpc) is 1.62. The zero-order chi connectivity index (χ0) is 85.5. The van der Waals surface area contributed by atoms with Gasteiger partial charge in [0.15, 0.2) is 16.9 Å². The van der Waals surface area contributed by atoms with Crippen LogP contribution in [0.1, 0.15) is 0 Å². The number of nitrogens with zero attached hydrogens (tertiary/aromatic N) is 13. The summed E-state index contributed by atoms with van der Waals surface area (Å²) in [5.74, 6) is 0. The topological polar surface area (TPSA) is 142 Å². The number of benzene rings is 12. The summed E-state index contributed by atoms with van der Waals surface area (Å²) in [6.07, 6.45) is 9.66. The first-order valence-electron chi connectivity index (χ1n) is 43.1. The largest absolute Gasteiger partial charge is 0.284 e. The summed E-state index contributed by atoms with van der Waals surface area (Å²) in [6.45, 7) is 0. The molecule has 13 nitrogen and oxygen atoms in total. The van der Waals surface area contributed by atoms with Gasteiger partial charge in [-0.25, -0.2) is 44.9 Å². The summed E-state index contributed by atoms with van der Waals surface area (Å²) in [6, 6.07) is 147. The van der Waals surface area contributed by atoms with Gasteiger partial charge < -0.3 is 0 Å². The third kappa shape index (κ3) is 14.7. The summed E-state index contributed by atoms with van der Waals surface area (Å²) >= 11 is 0. The molecule has 604 valence electrons. The highest BCUT2D eigenvalue weighted by Crippen LogP contribution is 2.42. The number of hydrogen-bond donors (Lipinski definition) is 0. The lowest BCUT2D eigenvalue weighted by atomic mass is 9.96. The standard InChI is InChI=1S/C43H28N4.C37H24N4.C36H23N5/c1-3-12-31(13-4-1)38-27-35(28-39(44-38)32-14-5-2-6-15-32)30-23-21-29(22-24-30)33-16-11-17-34(26-33)41-36-18-7-8-19-37(36)42-43(46-41)47-25-10-9-20-40(47)45-42;1-3-12-25(13-4-1)32-23-29(24-33(38-32)26-14-5-2-6-15-26)27-16-11-17-28(22-27)35-30-18-7-8-19-31(30)36-37(40-35)41-21-10-9-20-34(41)39-36;1-2-7-30-29(6-1)34(40-36-35(30)39-33-10-3-4-23-41(33)36)28-17-13-25(14-18-28)24-11-15-26(16-12-24)31-8-5-9-32(38-31)27-19-21-37-22-20-27/h1-28H;1-24H;1-23H. The van der Waals surface area contributed by atoms with Crippen LogP contribution in [0.15, 0.2) is 456 Å². The van der Waals surface area contributed by atoms with Crippen LogP contribution in [0.5, 0.6) is 0 Å². The van der Waals surface area contributed by atoms with Gasteiger partial charge in [0.25, 0.3) is 0 Å². The number of aromatic nitrogens is 13. The van der Waals surface area contributed by atoms with Crippen molar-refractivity contribution >= 4 is 82.8 Å². The molecule has 0 fully saturated rings. The highest BCUT2D eigenvalue weighted by Gasteiger charge is 2.22. The minimum atomic E-state index is 0.862. The van der Waals surface area contributed by atoms with E-state index in [1.54, 1.807) is 12.4 Å². The van der Waals surface area contributed by atoms with Crippen LogP contribution in [0.4, 0.5) is 0 Å². The maximum atomic E-state index is 5.21. The van der Waals surface area contributed by atoms with Gasteiger partial charge in [0.1, 0.15) is 33.5 Å². The Balaban J connectivity index is 0.000000111. The van der Waals surface area contributed by atoms with E-state index in [0.717, 1.165) is 229 Å². The molecule has 0 atom stereocenters. The van der Waals surface area contributed by atoms with Gasteiger partial charge in [-0.2, -0.15) is 0 Å². The Morgan fingerprint density at radius 3 is 0.783 bits per heavy atom. The highest BCUT2D eigenvalue weighted by atomic mass is 15.1. The summed E-state index contributed by atoms with van der Waals surface area (Å²) in [5, 5.41) is 6.60. The van der Waals surface area contributed by atoms with Crippen LogP contribution in [0.3, 0.4) is 0 Å². The van der Waals surface area contributed by atoms with Gasteiger partial charge in [-0.1, -0.05) is 328 Å². The Labute approximate surface area is 742 Å². The summed E-state index contributed by atoms with van der Waals surface area (Å²) < 4.78 is 6.19. The van der Waals surface area contributed by atoms with E-state index in [9.17, 15) is 0 Å². The molecule has 12 aromatic carbocycles. The van der Waals surface area contributed by atoms with Gasteiger partial charge in [-0.3, -0.25) is 18.2 Å². The molecule has 0 N–H and O–H groups in total. The summed E-state index contributed by atoms with van der Waals surface area (Å²) in [5.41, 5.74) is 35.4. The Morgan fingerprint density at radius 2 is 0.403 bits per heavy atom. The fraction of sp³-hybridized carbons (Fsp3) is 0. The molecule has 0 aliphatic carbocycles. The Kier molecular flexibility index (Phi) is 19.6. The maximum Gasteiger partial charge on any atom is 0.165 e. The second-order valence-corrected chi connectivity index (χ2v) is 31.9. The number of pyridine rings is 10. The molecule has 129 heavy (non-hydrogen) atoms. The normalized spacial score (nSPS) is 11.4. The average molecular weight is 1650 g/mol. The van der Waals surface area contributed by atoms with Crippen LogP contribution < -0.4 is 0 Å². The van der Waals surface area contributed by atoms with Gasteiger partial charge in [0.05, 0.1) is 51.2 Å². The molecule has 0 spiro atoms. The molecule has 13 heterocycles. The molecular formula is C116H75N13. The molecule has 0 amide bonds. The molecule has 25 aromatic rings. The molecule has 0 aliphatic heterocycles. The van der Waals surface area contributed by atoms with E-state index in [-0.39, 0.29) is 0 Å². The zero-order valence-corrected chi connectivity index (χ0v) is 69.6. The number of fused-ring (bicyclic) bond motifs is 15. The molecule has 25 rings (SSSR count). The van der Waals surface area contributed by atoms with Crippen molar-refractivity contribution in [2.24, 2.45) is 0 Å². The van der Waals surface area contributed by atoms with E-state index in [1.807, 2.05) is 128 Å². The molecule has 0 bridgehead atoms. The third-order valence-corrected chi connectivity index (χ3v) is 24.0. The minimum Gasteiger partial charge on any atom is -0.284 e. The second kappa shape index (κ2) is 33.2. The maximum absolute atomic E-state index is 5.21. The van der Waals surface area contributed by atoms with Crippen LogP contribution in [0.2, 0.25) is 0 Å². The van der Waals surface area contributed by atoms with Gasteiger partial charge >= 0.3 is 0 Å². The fourth-order valence-corrected chi connectivity index (χ4v) is 17.6. The Hall–Kier alpha value is -17.7. The van der Waals surface area contributed by atoms with Crippen LogP contribution in [0.25, 0.3) is 229 Å². The van der Waals surface area contributed by atoms with E-state index in [0.29, 0.717) is 0 Å². The monoisotopic (exact) mass is 1650 g/mol. The molecule has 0 saturated carbocycles. The van der Waals surface area contributed by atoms with Crippen molar-refractivity contribution in [1.82, 2.24) is 63.0 Å². The second-order valence-electron chi connectivity index (χ2n) is 31.9. The fourth-order valence-electron chi connectivity index (χ4n) is 17.6. The number of imidazole rings is 3. The number of hydrogen-bond acceptors (Lipinski definition) is 10. The molecule has 0 unspecified atom stereocenters. The first-order chi connectivity index (χ1) is 63.9. The Bertz CT molecular complexity index is 8400. The zero-order valence-electron chi connectivity index (χ0n) is 69.6. The van der Waals surface area contributed by atoms with E-state index in [4.69, 9.17) is 44.9 Å². The molecule has 0 saturated heterocycles. The third-order valence-electron chi connectivity index (χ3n) is 24.0. The van der Waals surface area contributed by atoms with Crippen molar-refractivity contribution in [2.75, 3.05) is 0 Å². The predicted molar refractivity (Wildman–Crippen MR) is 526 cm³/mol. The highest BCUT2D eigenvalue weighted by molar-refractivity contribution is 6.12. The van der Waals surface area contributed by atoms with Gasteiger partial charge in [0, 0.05) is 113 Å². The molecule has 13 heteroatoms. The lowest BCUT2D eigenvalue weighted by Gasteiger charge is -2.12. The van der Waals surface area contributed by atoms with Crippen LogP contribution >= 0.6 is 0 Å². The SMILES string of the molecule is c1cc(-c2ccncc2)nc(-c2ccc(-c3ccc(-c4nc5c(nc6ccccn65)c5ccccc45)cc3)cc2)c1.c1ccc(-c2cc(-c3ccc(-c4cccc(-c5nc6c(nc7ccccn76)c6ccccc56)c4)cc3)cc(-c3ccccc3)n2)cc1.c1ccc(-c2cc(-c3cccc(-c4nc5c(nc6ccccn65)c5ccccc45)c3)cc(-c3ccccc3)n2)cc1. The van der Waals surface area contributed by atoms with Crippen LogP contribution in [-0.4, -0.2) is 63.0 Å². The van der Waals surface area contributed by atoms with Crippen molar-refractivity contribution < 1.29 is 0 Å². The summed E-state index contributed by atoms with van der Waals surface area (Å²) in [4.78, 5) is 49.4. The molecule has 0 radical (unpaired) electrons. The first kappa shape index (κ1) is 76.2. The Morgan fingerprint density at radius 1 is 0.147 bits per heavy atom.